The van der Waals surface area contributed by atoms with Crippen molar-refractivity contribution in [1.29, 1.82) is 0 Å². The Morgan fingerprint density at radius 3 is 1.82 bits per heavy atom. The summed E-state index contributed by atoms with van der Waals surface area (Å²) < 4.78 is 10.4. The van der Waals surface area contributed by atoms with E-state index in [-0.39, 0.29) is 12.5 Å². The summed E-state index contributed by atoms with van der Waals surface area (Å²) in [6, 6.07) is -0.623. The molecule has 0 aliphatic carbocycles. The van der Waals surface area contributed by atoms with E-state index in [0.717, 1.165) is 5.01 Å². The van der Waals surface area contributed by atoms with Crippen molar-refractivity contribution in [2.24, 2.45) is 5.92 Å². The predicted octanol–water partition coefficient (Wildman–Crippen LogP) is 2.68. The number of hydrogen-bond acceptors (Lipinski definition) is 5. The van der Waals surface area contributed by atoms with Gasteiger partial charge in [-0.3, -0.25) is 0 Å². The van der Waals surface area contributed by atoms with Crippen LogP contribution in [-0.2, 0) is 9.47 Å². The van der Waals surface area contributed by atoms with Gasteiger partial charge in [0.15, 0.2) is 0 Å². The van der Waals surface area contributed by atoms with Crippen molar-refractivity contribution in [2.45, 2.75) is 72.6 Å². The lowest BCUT2D eigenvalue weighted by atomic mass is 10.1. The molecule has 0 aliphatic rings. The molecular formula is C15H30N2O5. The molecule has 0 radical (unpaired) electrons. The van der Waals surface area contributed by atoms with Crippen LogP contribution >= 0.6 is 0 Å². The molecule has 0 aromatic heterocycles. The number of hydrogen-bond donors (Lipinski definition) is 2. The highest BCUT2D eigenvalue weighted by atomic mass is 16.6. The van der Waals surface area contributed by atoms with Crippen LogP contribution in [0.5, 0.6) is 0 Å². The first kappa shape index (κ1) is 20.5. The molecular weight excluding hydrogens is 288 g/mol. The molecule has 1 atom stereocenters. The molecule has 0 aromatic carbocycles. The largest absolute Gasteiger partial charge is 0.443 e. The number of carbonyl (C=O) groups is 2. The van der Waals surface area contributed by atoms with Gasteiger partial charge in [-0.05, 0) is 47.5 Å². The van der Waals surface area contributed by atoms with Gasteiger partial charge in [-0.25, -0.2) is 20.0 Å². The van der Waals surface area contributed by atoms with E-state index in [1.807, 2.05) is 13.8 Å². The van der Waals surface area contributed by atoms with E-state index in [1.165, 1.54) is 0 Å². The molecule has 2 N–H and O–H groups in total. The lowest BCUT2D eigenvalue weighted by Crippen LogP contribution is -2.57. The van der Waals surface area contributed by atoms with Crippen LogP contribution in [0.2, 0.25) is 0 Å². The molecule has 0 aliphatic heterocycles. The highest BCUT2D eigenvalue weighted by molar-refractivity contribution is 5.74. The lowest BCUT2D eigenvalue weighted by Gasteiger charge is -2.34. The van der Waals surface area contributed by atoms with Crippen molar-refractivity contribution >= 4 is 12.2 Å². The zero-order valence-electron chi connectivity index (χ0n) is 14.9. The van der Waals surface area contributed by atoms with Gasteiger partial charge in [0, 0.05) is 0 Å². The molecule has 130 valence electrons. The summed E-state index contributed by atoms with van der Waals surface area (Å²) in [4.78, 5) is 24.2. The van der Waals surface area contributed by atoms with Crippen LogP contribution < -0.4 is 5.43 Å². The molecule has 0 heterocycles. The molecule has 7 nitrogen and oxygen atoms in total. The summed E-state index contributed by atoms with van der Waals surface area (Å²) in [6.07, 6.45) is -1.52. The van der Waals surface area contributed by atoms with Crippen molar-refractivity contribution in [3.05, 3.63) is 0 Å². The number of amides is 2. The van der Waals surface area contributed by atoms with Crippen molar-refractivity contribution in [2.75, 3.05) is 6.61 Å². The van der Waals surface area contributed by atoms with Gasteiger partial charge in [0.25, 0.3) is 0 Å². The van der Waals surface area contributed by atoms with Crippen molar-refractivity contribution < 1.29 is 24.2 Å². The van der Waals surface area contributed by atoms with E-state index in [0.29, 0.717) is 0 Å². The van der Waals surface area contributed by atoms with Crippen LogP contribution in [0.3, 0.4) is 0 Å². The van der Waals surface area contributed by atoms with Gasteiger partial charge in [0.1, 0.15) is 11.2 Å². The highest BCUT2D eigenvalue weighted by Crippen LogP contribution is 2.15. The third kappa shape index (κ3) is 8.07. The SMILES string of the molecule is CC(C)[C@@H](CO)N(NC(=O)OC(C)(C)C)C(=O)OC(C)(C)C. The lowest BCUT2D eigenvalue weighted by molar-refractivity contribution is -0.0234. The monoisotopic (exact) mass is 318 g/mol. The van der Waals surface area contributed by atoms with Gasteiger partial charge < -0.3 is 14.6 Å². The minimum absolute atomic E-state index is 0.0903. The average Bonchev–Trinajstić information content (AvgIpc) is 2.22. The van der Waals surface area contributed by atoms with E-state index in [1.54, 1.807) is 41.5 Å². The zero-order chi connectivity index (χ0) is 17.7. The third-order valence-corrected chi connectivity index (χ3v) is 2.49. The number of nitrogens with zero attached hydrogens (tertiary/aromatic N) is 1. The molecule has 0 aromatic rings. The summed E-state index contributed by atoms with van der Waals surface area (Å²) in [6.45, 7) is 13.7. The van der Waals surface area contributed by atoms with Gasteiger partial charge >= 0.3 is 12.2 Å². The Morgan fingerprint density at radius 1 is 1.05 bits per heavy atom. The third-order valence-electron chi connectivity index (χ3n) is 2.49. The topological polar surface area (TPSA) is 88.1 Å². The minimum Gasteiger partial charge on any atom is -0.443 e. The predicted molar refractivity (Wildman–Crippen MR) is 83.2 cm³/mol. The fraction of sp³-hybridized carbons (Fsp3) is 0.867. The average molecular weight is 318 g/mol. The Labute approximate surface area is 132 Å². The minimum atomic E-state index is -0.780. The smallest absolute Gasteiger partial charge is 0.429 e. The molecule has 0 unspecified atom stereocenters. The van der Waals surface area contributed by atoms with Crippen LogP contribution in [0.15, 0.2) is 0 Å². The Hall–Kier alpha value is -1.50. The fourth-order valence-electron chi connectivity index (χ4n) is 1.56. The number of ether oxygens (including phenoxy) is 2. The molecule has 2 amide bonds. The van der Waals surface area contributed by atoms with Gasteiger partial charge in [-0.15, -0.1) is 0 Å². The maximum atomic E-state index is 12.3. The van der Waals surface area contributed by atoms with E-state index in [4.69, 9.17) is 9.47 Å². The number of aliphatic hydroxyl groups excluding tert-OH is 1. The molecule has 0 spiro atoms. The molecule has 7 heteroatoms. The van der Waals surface area contributed by atoms with E-state index < -0.39 is 29.4 Å². The van der Waals surface area contributed by atoms with E-state index >= 15 is 0 Å². The van der Waals surface area contributed by atoms with Crippen LogP contribution in [-0.4, -0.2) is 46.2 Å². The number of hydrazine groups is 1. The summed E-state index contributed by atoms with van der Waals surface area (Å²) in [5.74, 6) is -0.0903. The normalized spacial score (nSPS) is 13.5. The Kier molecular flexibility index (Phi) is 7.15. The first-order valence-corrected chi connectivity index (χ1v) is 7.39. The summed E-state index contributed by atoms with van der Waals surface area (Å²) >= 11 is 0. The molecule has 0 fully saturated rings. The molecule has 0 bridgehead atoms. The standard InChI is InChI=1S/C15H30N2O5/c1-10(2)11(9-18)17(13(20)22-15(6,7)8)16-12(19)21-14(3,4)5/h10-11,18H,9H2,1-8H3,(H,16,19)/t11-/m1/s1. The van der Waals surface area contributed by atoms with Crippen LogP contribution in [0.4, 0.5) is 9.59 Å². The number of carbonyl (C=O) groups excluding carboxylic acids is 2. The first-order chi connectivity index (χ1) is 9.76. The zero-order valence-corrected chi connectivity index (χ0v) is 14.9. The fourth-order valence-corrected chi connectivity index (χ4v) is 1.56. The van der Waals surface area contributed by atoms with Crippen molar-refractivity contribution in [3.8, 4) is 0 Å². The second-order valence-corrected chi connectivity index (χ2v) is 7.46. The first-order valence-electron chi connectivity index (χ1n) is 7.39. The molecule has 0 rings (SSSR count). The molecule has 22 heavy (non-hydrogen) atoms. The van der Waals surface area contributed by atoms with E-state index in [2.05, 4.69) is 5.43 Å². The van der Waals surface area contributed by atoms with Crippen LogP contribution in [0.1, 0.15) is 55.4 Å². The van der Waals surface area contributed by atoms with Gasteiger partial charge in [0.05, 0.1) is 12.6 Å². The molecule has 0 saturated heterocycles. The Balaban J connectivity index is 5.17. The highest BCUT2D eigenvalue weighted by Gasteiger charge is 2.32. The second-order valence-electron chi connectivity index (χ2n) is 7.46. The quantitative estimate of drug-likeness (QED) is 0.781. The maximum absolute atomic E-state index is 12.3. The number of rotatable bonds is 3. The van der Waals surface area contributed by atoms with Crippen LogP contribution in [0, 0.1) is 5.92 Å². The second kappa shape index (κ2) is 7.67. The van der Waals surface area contributed by atoms with Crippen LogP contribution in [0.25, 0.3) is 0 Å². The number of aliphatic hydroxyl groups is 1. The maximum Gasteiger partial charge on any atom is 0.429 e. The van der Waals surface area contributed by atoms with Gasteiger partial charge in [-0.2, -0.15) is 0 Å². The van der Waals surface area contributed by atoms with Gasteiger partial charge in [-0.1, -0.05) is 13.8 Å². The molecule has 0 saturated carbocycles. The van der Waals surface area contributed by atoms with Gasteiger partial charge in [0.2, 0.25) is 0 Å². The Morgan fingerprint density at radius 2 is 1.50 bits per heavy atom. The summed E-state index contributed by atoms with van der Waals surface area (Å²) in [7, 11) is 0. The summed E-state index contributed by atoms with van der Waals surface area (Å²) in [5.41, 5.74) is 0.947. The Bertz CT molecular complexity index is 382. The summed E-state index contributed by atoms with van der Waals surface area (Å²) in [5, 5.41) is 10.5. The van der Waals surface area contributed by atoms with Crippen molar-refractivity contribution in [1.82, 2.24) is 10.4 Å². The van der Waals surface area contributed by atoms with Crippen molar-refractivity contribution in [3.63, 3.8) is 0 Å². The van der Waals surface area contributed by atoms with E-state index in [9.17, 15) is 14.7 Å². The number of nitrogens with one attached hydrogen (secondary N) is 1.